The van der Waals surface area contributed by atoms with Gasteiger partial charge in [-0.25, -0.2) is 0 Å². The summed E-state index contributed by atoms with van der Waals surface area (Å²) in [6.45, 7) is 6.80. The summed E-state index contributed by atoms with van der Waals surface area (Å²) in [5.41, 5.74) is 1.06. The molecule has 1 rings (SSSR count). The van der Waals surface area contributed by atoms with Gasteiger partial charge in [0.2, 0.25) is 0 Å². The fraction of sp³-hybridized carbons (Fsp3) is 0.600. The van der Waals surface area contributed by atoms with E-state index in [9.17, 15) is 5.11 Å². The summed E-state index contributed by atoms with van der Waals surface area (Å²) in [5.74, 6) is 0.975. The van der Waals surface area contributed by atoms with Gasteiger partial charge in [-0.05, 0) is 31.4 Å². The van der Waals surface area contributed by atoms with Gasteiger partial charge in [0, 0.05) is 19.2 Å². The van der Waals surface area contributed by atoms with Crippen LogP contribution in [0.5, 0.6) is 5.75 Å². The van der Waals surface area contributed by atoms with E-state index in [0.717, 1.165) is 11.3 Å². The molecule has 3 unspecified atom stereocenters. The van der Waals surface area contributed by atoms with Crippen LogP contribution in [0.25, 0.3) is 0 Å². The molecular formula is C15H25NO3. The van der Waals surface area contributed by atoms with Gasteiger partial charge in [-0.2, -0.15) is 0 Å². The highest BCUT2D eigenvalue weighted by molar-refractivity contribution is 5.31. The molecule has 0 amide bonds. The minimum absolute atomic E-state index is 0.143. The Hall–Kier alpha value is -1.10. The number of nitrogens with one attached hydrogen (secondary N) is 1. The maximum absolute atomic E-state index is 9.85. The van der Waals surface area contributed by atoms with Gasteiger partial charge in [0.15, 0.2) is 0 Å². The molecule has 19 heavy (non-hydrogen) atoms. The molecule has 0 saturated heterocycles. The number of aliphatic hydroxyl groups excluding tert-OH is 2. The number of ether oxygens (including phenoxy) is 1. The van der Waals surface area contributed by atoms with Gasteiger partial charge in [0.05, 0.1) is 0 Å². The molecule has 0 aromatic heterocycles. The van der Waals surface area contributed by atoms with Crippen LogP contribution >= 0.6 is 0 Å². The lowest BCUT2D eigenvalue weighted by molar-refractivity contribution is 0.0989. The lowest BCUT2D eigenvalue weighted by atomic mass is 10.1. The van der Waals surface area contributed by atoms with Crippen molar-refractivity contribution in [3.8, 4) is 5.75 Å². The van der Waals surface area contributed by atoms with E-state index in [1.165, 1.54) is 0 Å². The standard InChI is InChI=1S/C15H25NO3/c1-11-6-4-5-7-15(11)19-10-14(18)8-16-13(3)12(2)9-17/h4-7,12-14,16-18H,8-10H2,1-3H3. The van der Waals surface area contributed by atoms with Crippen molar-refractivity contribution in [1.82, 2.24) is 5.32 Å². The number of aliphatic hydroxyl groups is 2. The molecule has 1 aromatic carbocycles. The first-order chi connectivity index (χ1) is 9.04. The first kappa shape index (κ1) is 16.0. The summed E-state index contributed by atoms with van der Waals surface area (Å²) in [5, 5.41) is 22.1. The van der Waals surface area contributed by atoms with Crippen LogP contribution in [0.4, 0.5) is 0 Å². The van der Waals surface area contributed by atoms with Gasteiger partial charge < -0.3 is 20.3 Å². The van der Waals surface area contributed by atoms with Gasteiger partial charge in [-0.1, -0.05) is 25.1 Å². The van der Waals surface area contributed by atoms with E-state index in [2.05, 4.69) is 5.32 Å². The van der Waals surface area contributed by atoms with Crippen LogP contribution in [0, 0.1) is 12.8 Å². The smallest absolute Gasteiger partial charge is 0.122 e. The van der Waals surface area contributed by atoms with Crippen molar-refractivity contribution < 1.29 is 14.9 Å². The highest BCUT2D eigenvalue weighted by atomic mass is 16.5. The van der Waals surface area contributed by atoms with E-state index in [1.807, 2.05) is 45.0 Å². The number of hydrogen-bond acceptors (Lipinski definition) is 4. The van der Waals surface area contributed by atoms with E-state index in [-0.39, 0.29) is 25.2 Å². The number of para-hydroxylation sites is 1. The van der Waals surface area contributed by atoms with Crippen molar-refractivity contribution in [3.63, 3.8) is 0 Å². The third-order valence-corrected chi connectivity index (χ3v) is 3.34. The van der Waals surface area contributed by atoms with E-state index < -0.39 is 6.10 Å². The molecule has 0 aliphatic rings. The summed E-state index contributed by atoms with van der Waals surface area (Å²) >= 11 is 0. The molecule has 4 nitrogen and oxygen atoms in total. The normalized spacial score (nSPS) is 15.8. The zero-order valence-corrected chi connectivity index (χ0v) is 12.0. The number of hydrogen-bond donors (Lipinski definition) is 3. The molecule has 0 spiro atoms. The zero-order valence-electron chi connectivity index (χ0n) is 12.0. The minimum Gasteiger partial charge on any atom is -0.491 e. The molecule has 3 N–H and O–H groups in total. The second-order valence-electron chi connectivity index (χ2n) is 5.09. The van der Waals surface area contributed by atoms with Crippen LogP contribution in [-0.2, 0) is 0 Å². The average Bonchev–Trinajstić information content (AvgIpc) is 2.42. The summed E-state index contributed by atoms with van der Waals surface area (Å²) < 4.78 is 5.58. The Morgan fingerprint density at radius 3 is 2.58 bits per heavy atom. The van der Waals surface area contributed by atoms with Gasteiger partial charge in [-0.3, -0.25) is 0 Å². The van der Waals surface area contributed by atoms with Crippen molar-refractivity contribution in [1.29, 1.82) is 0 Å². The largest absolute Gasteiger partial charge is 0.491 e. The van der Waals surface area contributed by atoms with Crippen molar-refractivity contribution in [3.05, 3.63) is 29.8 Å². The van der Waals surface area contributed by atoms with Crippen LogP contribution in [0.3, 0.4) is 0 Å². The lowest BCUT2D eigenvalue weighted by Gasteiger charge is -2.21. The fourth-order valence-corrected chi connectivity index (χ4v) is 1.64. The second-order valence-corrected chi connectivity index (χ2v) is 5.09. The van der Waals surface area contributed by atoms with E-state index in [4.69, 9.17) is 9.84 Å². The van der Waals surface area contributed by atoms with Crippen molar-refractivity contribution in [2.45, 2.75) is 32.9 Å². The minimum atomic E-state index is -0.562. The molecule has 108 valence electrons. The average molecular weight is 267 g/mol. The molecule has 0 radical (unpaired) electrons. The summed E-state index contributed by atoms with van der Waals surface area (Å²) in [6, 6.07) is 7.91. The van der Waals surface area contributed by atoms with Gasteiger partial charge in [0.25, 0.3) is 0 Å². The maximum atomic E-state index is 9.85. The van der Waals surface area contributed by atoms with Crippen LogP contribution in [0.1, 0.15) is 19.4 Å². The van der Waals surface area contributed by atoms with Crippen molar-refractivity contribution in [2.75, 3.05) is 19.8 Å². The molecule has 1 aromatic rings. The molecule has 0 saturated carbocycles. The van der Waals surface area contributed by atoms with Crippen molar-refractivity contribution >= 4 is 0 Å². The maximum Gasteiger partial charge on any atom is 0.122 e. The number of rotatable bonds is 8. The number of aryl methyl sites for hydroxylation is 1. The Kier molecular flexibility index (Phi) is 6.84. The first-order valence-corrected chi connectivity index (χ1v) is 6.75. The predicted octanol–water partition coefficient (Wildman–Crippen LogP) is 1.34. The van der Waals surface area contributed by atoms with E-state index >= 15 is 0 Å². The highest BCUT2D eigenvalue weighted by Gasteiger charge is 2.13. The lowest BCUT2D eigenvalue weighted by Crippen LogP contribution is -2.40. The molecule has 0 bridgehead atoms. The summed E-state index contributed by atoms with van der Waals surface area (Å²) in [6.07, 6.45) is -0.562. The van der Waals surface area contributed by atoms with Crippen LogP contribution in [0.2, 0.25) is 0 Å². The van der Waals surface area contributed by atoms with Crippen LogP contribution in [0.15, 0.2) is 24.3 Å². The molecule has 0 fully saturated rings. The molecule has 4 heteroatoms. The number of benzene rings is 1. The predicted molar refractivity (Wildman–Crippen MR) is 76.4 cm³/mol. The molecule has 0 aliphatic carbocycles. The SMILES string of the molecule is Cc1ccccc1OCC(O)CNC(C)C(C)CO. The topological polar surface area (TPSA) is 61.7 Å². The van der Waals surface area contributed by atoms with Gasteiger partial charge in [0.1, 0.15) is 18.5 Å². The monoisotopic (exact) mass is 267 g/mol. The van der Waals surface area contributed by atoms with Crippen LogP contribution in [-0.4, -0.2) is 42.1 Å². The summed E-state index contributed by atoms with van der Waals surface area (Å²) in [7, 11) is 0. The Morgan fingerprint density at radius 1 is 1.26 bits per heavy atom. The second kappa shape index (κ2) is 8.15. The first-order valence-electron chi connectivity index (χ1n) is 6.75. The Morgan fingerprint density at radius 2 is 1.95 bits per heavy atom. The van der Waals surface area contributed by atoms with Gasteiger partial charge in [-0.15, -0.1) is 0 Å². The zero-order chi connectivity index (χ0) is 14.3. The third-order valence-electron chi connectivity index (χ3n) is 3.34. The van der Waals surface area contributed by atoms with Crippen LogP contribution < -0.4 is 10.1 Å². The molecule has 0 heterocycles. The quantitative estimate of drug-likeness (QED) is 0.665. The van der Waals surface area contributed by atoms with Gasteiger partial charge >= 0.3 is 0 Å². The Balaban J connectivity index is 2.28. The third kappa shape index (κ3) is 5.59. The van der Waals surface area contributed by atoms with Crippen molar-refractivity contribution in [2.24, 2.45) is 5.92 Å². The molecule has 0 aliphatic heterocycles. The Bertz CT molecular complexity index is 370. The molecular weight excluding hydrogens is 242 g/mol. The van der Waals surface area contributed by atoms with E-state index in [0.29, 0.717) is 6.54 Å². The highest BCUT2D eigenvalue weighted by Crippen LogP contribution is 2.16. The van der Waals surface area contributed by atoms with E-state index in [1.54, 1.807) is 0 Å². The molecule has 3 atom stereocenters. The fourth-order valence-electron chi connectivity index (χ4n) is 1.64. The Labute approximate surface area is 115 Å². The summed E-state index contributed by atoms with van der Waals surface area (Å²) in [4.78, 5) is 0.